The van der Waals surface area contributed by atoms with Crippen molar-refractivity contribution < 1.29 is 0 Å². The third-order valence-electron chi connectivity index (χ3n) is 2.08. The summed E-state index contributed by atoms with van der Waals surface area (Å²) in [6.45, 7) is 3.70. The molecule has 0 bridgehead atoms. The average Bonchev–Trinajstić information content (AvgIpc) is 2.23. The first-order chi connectivity index (χ1) is 7.13. The van der Waals surface area contributed by atoms with Crippen molar-refractivity contribution >= 4 is 34.8 Å². The van der Waals surface area contributed by atoms with Crippen LogP contribution in [0.2, 0.25) is 10.0 Å². The lowest BCUT2D eigenvalue weighted by atomic mass is 10.2. The Kier molecular flexibility index (Phi) is 5.77. The molecule has 0 saturated carbocycles. The van der Waals surface area contributed by atoms with Crippen LogP contribution >= 0.6 is 34.8 Å². The van der Waals surface area contributed by atoms with E-state index in [1.807, 2.05) is 12.1 Å². The fourth-order valence-electron chi connectivity index (χ4n) is 1.19. The van der Waals surface area contributed by atoms with Crippen molar-refractivity contribution in [1.82, 2.24) is 5.32 Å². The summed E-state index contributed by atoms with van der Waals surface area (Å²) in [6, 6.07) is 5.48. The molecule has 0 aliphatic heterocycles. The number of hydrogen-bond donors (Lipinski definition) is 1. The van der Waals surface area contributed by atoms with Gasteiger partial charge < -0.3 is 5.32 Å². The maximum absolute atomic E-state index is 6.02. The maximum atomic E-state index is 6.02. The van der Waals surface area contributed by atoms with Crippen molar-refractivity contribution in [2.45, 2.75) is 13.5 Å². The second kappa shape index (κ2) is 6.59. The van der Waals surface area contributed by atoms with E-state index in [1.54, 1.807) is 6.07 Å². The molecule has 0 radical (unpaired) electrons. The van der Waals surface area contributed by atoms with Gasteiger partial charge in [0, 0.05) is 22.5 Å². The van der Waals surface area contributed by atoms with E-state index >= 15 is 0 Å². The Morgan fingerprint density at radius 2 is 2.07 bits per heavy atom. The number of hydrogen-bond acceptors (Lipinski definition) is 1. The van der Waals surface area contributed by atoms with Gasteiger partial charge in [-0.25, -0.2) is 0 Å². The van der Waals surface area contributed by atoms with Gasteiger partial charge in [-0.15, -0.1) is 11.6 Å². The van der Waals surface area contributed by atoms with Gasteiger partial charge in [0.15, 0.2) is 0 Å². The van der Waals surface area contributed by atoms with Crippen molar-refractivity contribution in [2.24, 2.45) is 5.92 Å². The van der Waals surface area contributed by atoms with Gasteiger partial charge >= 0.3 is 0 Å². The summed E-state index contributed by atoms with van der Waals surface area (Å²) in [7, 11) is 0. The molecule has 0 spiro atoms. The first-order valence-electron chi connectivity index (χ1n) is 4.84. The fourth-order valence-corrected chi connectivity index (χ4v) is 1.67. The Morgan fingerprint density at radius 1 is 1.33 bits per heavy atom. The Bertz CT molecular complexity index is 315. The van der Waals surface area contributed by atoms with Crippen molar-refractivity contribution in [3.8, 4) is 0 Å². The summed E-state index contributed by atoms with van der Waals surface area (Å²) < 4.78 is 0. The highest BCUT2D eigenvalue weighted by molar-refractivity contribution is 6.33. The van der Waals surface area contributed by atoms with Crippen LogP contribution in [0.15, 0.2) is 18.2 Å². The minimum Gasteiger partial charge on any atom is -0.312 e. The van der Waals surface area contributed by atoms with Crippen LogP contribution in [0.4, 0.5) is 0 Å². The Balaban J connectivity index is 2.46. The van der Waals surface area contributed by atoms with Gasteiger partial charge in [0.2, 0.25) is 0 Å². The van der Waals surface area contributed by atoms with Crippen LogP contribution < -0.4 is 5.32 Å². The molecular formula is C11H14Cl3N. The van der Waals surface area contributed by atoms with Crippen LogP contribution in [0.1, 0.15) is 12.5 Å². The Morgan fingerprint density at radius 3 is 2.73 bits per heavy atom. The predicted molar refractivity (Wildman–Crippen MR) is 68.1 cm³/mol. The molecule has 84 valence electrons. The molecule has 0 heterocycles. The van der Waals surface area contributed by atoms with Gasteiger partial charge in [-0.1, -0.05) is 30.1 Å². The summed E-state index contributed by atoms with van der Waals surface area (Å²) in [4.78, 5) is 0. The van der Waals surface area contributed by atoms with Crippen molar-refractivity contribution in [3.63, 3.8) is 0 Å². The van der Waals surface area contributed by atoms with Gasteiger partial charge in [-0.05, 0) is 36.2 Å². The normalized spacial score (nSPS) is 12.8. The summed E-state index contributed by atoms with van der Waals surface area (Å²) in [5.41, 5.74) is 1.02. The SMILES string of the molecule is CC(CCl)CNCc1cc(Cl)ccc1Cl. The Labute approximate surface area is 106 Å². The van der Waals surface area contributed by atoms with E-state index < -0.39 is 0 Å². The number of nitrogens with one attached hydrogen (secondary N) is 1. The fraction of sp³-hybridized carbons (Fsp3) is 0.455. The average molecular weight is 267 g/mol. The zero-order valence-electron chi connectivity index (χ0n) is 8.56. The van der Waals surface area contributed by atoms with Gasteiger partial charge in [-0.2, -0.15) is 0 Å². The van der Waals surface area contributed by atoms with E-state index in [9.17, 15) is 0 Å². The Hall–Kier alpha value is 0.0500. The first kappa shape index (κ1) is 13.1. The number of benzene rings is 1. The molecule has 1 atom stereocenters. The van der Waals surface area contributed by atoms with Crippen molar-refractivity contribution in [2.75, 3.05) is 12.4 Å². The van der Waals surface area contributed by atoms with Crippen LogP contribution in [0.25, 0.3) is 0 Å². The monoisotopic (exact) mass is 265 g/mol. The second-order valence-corrected chi connectivity index (χ2v) is 4.78. The van der Waals surface area contributed by atoms with Crippen LogP contribution in [0, 0.1) is 5.92 Å². The highest BCUT2D eigenvalue weighted by Crippen LogP contribution is 2.20. The lowest BCUT2D eigenvalue weighted by Gasteiger charge is -2.10. The smallest absolute Gasteiger partial charge is 0.0451 e. The molecule has 1 N–H and O–H groups in total. The zero-order chi connectivity index (χ0) is 11.3. The van der Waals surface area contributed by atoms with E-state index in [0.29, 0.717) is 16.8 Å². The first-order valence-corrected chi connectivity index (χ1v) is 6.13. The minimum atomic E-state index is 0.463. The highest BCUT2D eigenvalue weighted by atomic mass is 35.5. The lowest BCUT2D eigenvalue weighted by Crippen LogP contribution is -2.21. The van der Waals surface area contributed by atoms with Crippen molar-refractivity contribution in [1.29, 1.82) is 0 Å². The molecule has 15 heavy (non-hydrogen) atoms. The maximum Gasteiger partial charge on any atom is 0.0451 e. The minimum absolute atomic E-state index is 0.463. The number of alkyl halides is 1. The van der Waals surface area contributed by atoms with E-state index in [1.165, 1.54) is 0 Å². The number of halogens is 3. The topological polar surface area (TPSA) is 12.0 Å². The van der Waals surface area contributed by atoms with E-state index in [0.717, 1.165) is 23.7 Å². The quantitative estimate of drug-likeness (QED) is 0.796. The molecule has 0 fully saturated rings. The summed E-state index contributed by atoms with van der Waals surface area (Å²) in [5, 5.41) is 4.74. The molecule has 1 nitrogen and oxygen atoms in total. The predicted octanol–water partition coefficient (Wildman–Crippen LogP) is 3.96. The van der Waals surface area contributed by atoms with Gasteiger partial charge in [0.25, 0.3) is 0 Å². The molecule has 0 aliphatic carbocycles. The molecule has 1 aromatic rings. The third kappa shape index (κ3) is 4.60. The molecule has 0 amide bonds. The van der Waals surface area contributed by atoms with Crippen molar-refractivity contribution in [3.05, 3.63) is 33.8 Å². The summed E-state index contributed by atoms with van der Waals surface area (Å²) in [6.07, 6.45) is 0. The molecule has 1 unspecified atom stereocenters. The molecule has 4 heteroatoms. The standard InChI is InChI=1S/C11H14Cl3N/c1-8(5-12)6-15-7-9-4-10(13)2-3-11(9)14/h2-4,8,15H,5-7H2,1H3. The highest BCUT2D eigenvalue weighted by Gasteiger charge is 2.03. The number of rotatable bonds is 5. The van der Waals surface area contributed by atoms with E-state index in [2.05, 4.69) is 12.2 Å². The van der Waals surface area contributed by atoms with Crippen LogP contribution in [-0.2, 0) is 6.54 Å². The molecule has 1 aromatic carbocycles. The molecule has 0 aromatic heterocycles. The van der Waals surface area contributed by atoms with E-state index in [-0.39, 0.29) is 0 Å². The summed E-state index contributed by atoms with van der Waals surface area (Å²) in [5.74, 6) is 1.13. The molecule has 0 aliphatic rings. The molecule has 1 rings (SSSR count). The largest absolute Gasteiger partial charge is 0.312 e. The van der Waals surface area contributed by atoms with Gasteiger partial charge in [0.1, 0.15) is 0 Å². The van der Waals surface area contributed by atoms with E-state index in [4.69, 9.17) is 34.8 Å². The second-order valence-electron chi connectivity index (χ2n) is 3.63. The van der Waals surface area contributed by atoms with Gasteiger partial charge in [-0.3, -0.25) is 0 Å². The third-order valence-corrected chi connectivity index (χ3v) is 3.21. The van der Waals surface area contributed by atoms with Crippen LogP contribution in [-0.4, -0.2) is 12.4 Å². The summed E-state index contributed by atoms with van der Waals surface area (Å²) >= 11 is 17.6. The van der Waals surface area contributed by atoms with Crippen LogP contribution in [0.5, 0.6) is 0 Å². The molecular weight excluding hydrogens is 252 g/mol. The molecule has 0 saturated heterocycles. The zero-order valence-corrected chi connectivity index (χ0v) is 10.8. The lowest BCUT2D eigenvalue weighted by molar-refractivity contribution is 0.557. The van der Waals surface area contributed by atoms with Crippen LogP contribution in [0.3, 0.4) is 0 Å². The van der Waals surface area contributed by atoms with Gasteiger partial charge in [0.05, 0.1) is 0 Å².